The number of fused-ring (bicyclic) bond motifs is 18. The van der Waals surface area contributed by atoms with E-state index in [1.807, 2.05) is 0 Å². The average Bonchev–Trinajstić information content (AvgIpc) is 3.22. The molecule has 0 radical (unpaired) electrons. The van der Waals surface area contributed by atoms with E-state index in [9.17, 15) is 28.8 Å². The molecule has 0 aliphatic carbocycles. The molecule has 21 nitrogen and oxygen atoms in total. The van der Waals surface area contributed by atoms with E-state index < -0.39 is 129 Å². The molecule has 2 aliphatic rings. The van der Waals surface area contributed by atoms with Crippen molar-refractivity contribution in [3.05, 3.63) is 23.3 Å². The fourth-order valence-corrected chi connectivity index (χ4v) is 7.85. The summed E-state index contributed by atoms with van der Waals surface area (Å²) in [6.07, 6.45) is -0.164. The molecule has 5 unspecified atom stereocenters. The molecular weight excluding hydrogens is 899 g/mol. The van der Waals surface area contributed by atoms with Crippen molar-refractivity contribution >= 4 is 89.5 Å². The normalized spacial score (nSPS) is 20.3. The van der Waals surface area contributed by atoms with Gasteiger partial charge in [-0.15, -0.1) is 23.5 Å². The van der Waals surface area contributed by atoms with Crippen molar-refractivity contribution in [2.24, 2.45) is 23.1 Å². The molecule has 3 rings (SSSR count). The first-order chi connectivity index (χ1) is 29.7. The topological polar surface area (TPSA) is 360 Å². The third-order valence-corrected chi connectivity index (χ3v) is 11.6. The van der Waals surface area contributed by atoms with Gasteiger partial charge in [0.05, 0.1) is 16.3 Å². The summed E-state index contributed by atoms with van der Waals surface area (Å²) in [5, 5.41) is 42.2. The van der Waals surface area contributed by atoms with Gasteiger partial charge in [-0.25, -0.2) is 17.6 Å². The molecular formula is C35H55F4N15O6S3. The number of hydrogen-bond donors (Lipinski definition) is 16. The Kier molecular flexibility index (Phi) is 23.2. The minimum Gasteiger partial charge on any atom is -0.370 e. The van der Waals surface area contributed by atoms with Crippen LogP contribution in [0.25, 0.3) is 0 Å². The van der Waals surface area contributed by atoms with E-state index in [1.54, 1.807) is 13.8 Å². The van der Waals surface area contributed by atoms with Gasteiger partial charge in [-0.2, -0.15) is 0 Å². The van der Waals surface area contributed by atoms with Crippen LogP contribution in [0.4, 0.5) is 17.6 Å². The Labute approximate surface area is 374 Å². The highest BCUT2D eigenvalue weighted by molar-refractivity contribution is 7.99. The SMILES string of the molecule is CC(C)C(=O)CNC(=O)C1CSc2c(F)c(F)c(c(F)c2F)SCC(NS)C(=O)NC(CCCNC(=N)N)C(=O)NC(CCCNC(=N)N)C(=O)NC(CCCNC(=N)N)C(=O)N1. The van der Waals surface area contributed by atoms with Crippen LogP contribution in [0, 0.1) is 45.4 Å². The molecule has 28 heteroatoms. The fourth-order valence-electron chi connectivity index (χ4n) is 5.52. The number of benzene rings is 1. The van der Waals surface area contributed by atoms with E-state index in [2.05, 4.69) is 60.1 Å². The molecule has 1 aromatic rings. The van der Waals surface area contributed by atoms with E-state index >= 15 is 17.6 Å². The van der Waals surface area contributed by atoms with Gasteiger partial charge in [-0.3, -0.25) is 49.7 Å². The number of thiol groups is 1. The summed E-state index contributed by atoms with van der Waals surface area (Å²) in [5.41, 5.74) is 16.1. The van der Waals surface area contributed by atoms with Crippen molar-refractivity contribution in [1.29, 1.82) is 16.2 Å². The number of Topliss-reactive ketones (excluding diaryl/α,β-unsaturated/α-hetero) is 1. The van der Waals surface area contributed by atoms with Gasteiger partial charge >= 0.3 is 0 Å². The quantitative estimate of drug-likeness (QED) is 0.0158. The van der Waals surface area contributed by atoms with Crippen molar-refractivity contribution in [1.82, 2.24) is 47.3 Å². The highest BCUT2D eigenvalue weighted by atomic mass is 32.2. The van der Waals surface area contributed by atoms with Crippen LogP contribution in [0.3, 0.4) is 0 Å². The van der Waals surface area contributed by atoms with Crippen molar-refractivity contribution in [3.8, 4) is 0 Å². The number of hydrogen-bond acceptors (Lipinski definition) is 13. The zero-order chi connectivity index (χ0) is 47.4. The monoisotopic (exact) mass is 953 g/mol. The third kappa shape index (κ3) is 18.2. The van der Waals surface area contributed by atoms with Gasteiger partial charge in [0.15, 0.2) is 46.9 Å². The zero-order valence-electron chi connectivity index (χ0n) is 34.4. The molecule has 2 aliphatic heterocycles. The first-order valence-corrected chi connectivity index (χ1v) is 21.9. The van der Waals surface area contributed by atoms with Gasteiger partial charge in [0.25, 0.3) is 0 Å². The summed E-state index contributed by atoms with van der Waals surface area (Å²) in [6, 6.07) is -7.58. The Morgan fingerprint density at radius 2 is 1.02 bits per heavy atom. The second-order valence-corrected chi connectivity index (χ2v) is 16.6. The number of halogens is 4. The molecule has 0 saturated heterocycles. The molecule has 0 saturated carbocycles. The van der Waals surface area contributed by atoms with E-state index in [-0.39, 0.29) is 93.6 Å². The van der Waals surface area contributed by atoms with Crippen LogP contribution in [0.2, 0.25) is 0 Å². The Bertz CT molecular complexity index is 1820. The summed E-state index contributed by atoms with van der Waals surface area (Å²) >= 11 is 4.26. The number of nitrogens with two attached hydrogens (primary N) is 3. The van der Waals surface area contributed by atoms with Crippen LogP contribution in [0.5, 0.6) is 0 Å². The number of carbonyl (C=O) groups is 6. The number of ketones is 1. The molecule has 0 fully saturated rings. The van der Waals surface area contributed by atoms with Crippen molar-refractivity contribution in [3.63, 3.8) is 0 Å². The van der Waals surface area contributed by atoms with Crippen LogP contribution < -0.4 is 64.5 Å². The lowest BCUT2D eigenvalue weighted by atomic mass is 10.0. The van der Waals surface area contributed by atoms with Crippen LogP contribution in [-0.4, -0.2) is 121 Å². The molecule has 63 heavy (non-hydrogen) atoms. The maximum Gasteiger partial charge on any atom is 0.243 e. The van der Waals surface area contributed by atoms with E-state index in [4.69, 9.17) is 33.4 Å². The van der Waals surface area contributed by atoms with Crippen molar-refractivity contribution < 1.29 is 46.3 Å². The summed E-state index contributed by atoms with van der Waals surface area (Å²) in [7, 11) is 0. The number of amides is 5. The minimum absolute atomic E-state index is 0.0227. The molecule has 18 N–H and O–H groups in total. The Morgan fingerprint density at radius 1 is 0.651 bits per heavy atom. The smallest absolute Gasteiger partial charge is 0.243 e. The first kappa shape index (κ1) is 53.9. The van der Waals surface area contributed by atoms with Gasteiger partial charge in [-0.1, -0.05) is 26.7 Å². The fraction of sp³-hybridized carbons (Fsp3) is 0.571. The lowest BCUT2D eigenvalue weighted by Gasteiger charge is -2.27. The average molecular weight is 954 g/mol. The maximum atomic E-state index is 15.6. The summed E-state index contributed by atoms with van der Waals surface area (Å²) in [4.78, 5) is 79.1. The molecule has 5 atom stereocenters. The van der Waals surface area contributed by atoms with Crippen LogP contribution in [0.1, 0.15) is 52.4 Å². The van der Waals surface area contributed by atoms with Crippen LogP contribution in [-0.2, 0) is 28.8 Å². The third-order valence-electron chi connectivity index (χ3n) is 9.01. The van der Waals surface area contributed by atoms with Gasteiger partial charge in [0.1, 0.15) is 30.2 Å². The highest BCUT2D eigenvalue weighted by Gasteiger charge is 2.34. The number of thioether (sulfide) groups is 2. The van der Waals surface area contributed by atoms with Crippen LogP contribution in [0.15, 0.2) is 9.79 Å². The molecule has 5 amide bonds. The molecule has 2 bridgehead atoms. The van der Waals surface area contributed by atoms with Gasteiger partial charge in [-0.05, 0) is 38.5 Å². The summed E-state index contributed by atoms with van der Waals surface area (Å²) < 4.78 is 64.4. The number of carbonyl (C=O) groups excluding carboxylic acids is 6. The largest absolute Gasteiger partial charge is 0.370 e. The molecule has 0 aromatic heterocycles. The second kappa shape index (κ2) is 27.1. The molecule has 2 heterocycles. The van der Waals surface area contributed by atoms with Crippen molar-refractivity contribution in [2.75, 3.05) is 37.7 Å². The standard InChI is InChI=1S/C35H55F4N15O6S3/c1-15(2)21(55)12-49-28(56)19-13-62-26-22(36)24(38)27(25(39)23(26)37)63-14-20(54-61)32(60)52-17(7-4-10-47-34(42)43)30(58)50-16(6-3-9-46-33(40)41)29(57)51-18(31(59)53-19)8-5-11-48-35(44)45/h15-20,54,61H,3-14H2,1-2H3,(H,49,56)(H,50,58)(H,51,57)(H,52,60)(H,53,59)(H4,40,41,46)(H4,42,43,47)(H4,44,45,48). The minimum atomic E-state index is -1.85. The lowest BCUT2D eigenvalue weighted by Crippen LogP contribution is -2.59. The zero-order valence-corrected chi connectivity index (χ0v) is 36.9. The van der Waals surface area contributed by atoms with Gasteiger partial charge in [0, 0.05) is 37.1 Å². The van der Waals surface area contributed by atoms with Gasteiger partial charge in [0.2, 0.25) is 29.5 Å². The van der Waals surface area contributed by atoms with Crippen molar-refractivity contribution in [2.45, 2.75) is 92.4 Å². The number of guanidine groups is 3. The summed E-state index contributed by atoms with van der Waals surface area (Å²) in [5.74, 6) is -15.7. The Balaban J connectivity index is 2.74. The van der Waals surface area contributed by atoms with Crippen LogP contribution >= 0.6 is 36.3 Å². The van der Waals surface area contributed by atoms with Gasteiger partial charge < -0.3 is 59.7 Å². The van der Waals surface area contributed by atoms with E-state index in [0.717, 1.165) is 0 Å². The number of nitrogens with one attached hydrogen (secondary N) is 12. The summed E-state index contributed by atoms with van der Waals surface area (Å²) in [6.45, 7) is 2.76. The molecule has 352 valence electrons. The Hall–Kier alpha value is -5.22. The Morgan fingerprint density at radius 3 is 1.38 bits per heavy atom. The predicted molar refractivity (Wildman–Crippen MR) is 232 cm³/mol. The highest BCUT2D eigenvalue weighted by Crippen LogP contribution is 2.36. The second-order valence-electron chi connectivity index (χ2n) is 14.2. The predicted octanol–water partition coefficient (Wildman–Crippen LogP) is -1.69. The van der Waals surface area contributed by atoms with E-state index in [0.29, 0.717) is 0 Å². The first-order valence-electron chi connectivity index (χ1n) is 19.4. The lowest BCUT2D eigenvalue weighted by molar-refractivity contribution is -0.135. The molecule has 0 spiro atoms. The maximum absolute atomic E-state index is 15.6. The van der Waals surface area contributed by atoms with E-state index in [1.165, 1.54) is 0 Å². The number of rotatable bonds is 17. The molecule has 1 aromatic carbocycles.